The van der Waals surface area contributed by atoms with E-state index in [4.69, 9.17) is 0 Å². The van der Waals surface area contributed by atoms with Crippen LogP contribution in [0.3, 0.4) is 0 Å². The highest BCUT2D eigenvalue weighted by Crippen LogP contribution is 2.68. The summed E-state index contributed by atoms with van der Waals surface area (Å²) in [5, 5.41) is 5.69. The number of rotatable bonds is 8. The van der Waals surface area contributed by atoms with Crippen LogP contribution in [0.15, 0.2) is 146 Å². The van der Waals surface area contributed by atoms with Crippen LogP contribution in [0.25, 0.3) is 32.7 Å². The summed E-state index contributed by atoms with van der Waals surface area (Å²) < 4.78 is -0.141. The van der Waals surface area contributed by atoms with E-state index in [0.29, 0.717) is 0 Å². The van der Waals surface area contributed by atoms with E-state index in [1.54, 1.807) is 11.1 Å². The fourth-order valence-corrected chi connectivity index (χ4v) is 26.5. The Morgan fingerprint density at radius 3 is 1.34 bits per heavy atom. The Morgan fingerprint density at radius 2 is 0.851 bits per heavy atom. The van der Waals surface area contributed by atoms with Crippen LogP contribution in [0.5, 0.6) is 0 Å². The number of hydrogen-bond donors (Lipinski definition) is 0. The molecule has 1 aliphatic carbocycles. The van der Waals surface area contributed by atoms with Gasteiger partial charge in [-0.15, -0.1) is 0 Å². The van der Waals surface area contributed by atoms with E-state index < -0.39 is 16.1 Å². The SMILES string of the molecule is Cc1cc(C(c2ccccc2)c2ccc3c4c(ccc3c2)-c2ccc3cc(N(c5ccccc5)c5cc(C)c(C)c(C)c5)ccc3c2C4([Si](C)(C)C(C)(C)C)[Si](C)(C)C(C)(C)C)cc(C)c1C. The van der Waals surface area contributed by atoms with Gasteiger partial charge < -0.3 is 4.90 Å². The van der Waals surface area contributed by atoms with E-state index in [1.807, 2.05) is 0 Å². The quantitative estimate of drug-likeness (QED) is 0.108. The van der Waals surface area contributed by atoms with E-state index in [1.165, 1.54) is 99.8 Å². The minimum absolute atomic E-state index is 0.0937. The van der Waals surface area contributed by atoms with Gasteiger partial charge >= 0.3 is 0 Å². The molecule has 1 unspecified atom stereocenters. The molecule has 1 nitrogen and oxygen atoms in total. The van der Waals surface area contributed by atoms with E-state index in [2.05, 4.69) is 260 Å². The molecule has 1 aliphatic rings. The molecule has 67 heavy (non-hydrogen) atoms. The summed E-state index contributed by atoms with van der Waals surface area (Å²) in [6, 6.07) is 56.7. The maximum absolute atomic E-state index is 2.76. The highest BCUT2D eigenvalue weighted by molar-refractivity contribution is 7.03. The third kappa shape index (κ3) is 7.13. The summed E-state index contributed by atoms with van der Waals surface area (Å²) in [7, 11) is -4.74. The summed E-state index contributed by atoms with van der Waals surface area (Å²) in [4.78, 5) is 2.46. The summed E-state index contributed by atoms with van der Waals surface area (Å²) in [5.74, 6) is 0.126. The average Bonchev–Trinajstić information content (AvgIpc) is 3.60. The lowest BCUT2D eigenvalue weighted by molar-refractivity contribution is 0.650. The van der Waals surface area contributed by atoms with Crippen LogP contribution < -0.4 is 4.90 Å². The van der Waals surface area contributed by atoms with E-state index in [0.717, 1.165) is 0 Å². The number of anilines is 3. The second-order valence-corrected chi connectivity index (χ2v) is 34.9. The van der Waals surface area contributed by atoms with Gasteiger partial charge in [0.05, 0.1) is 16.1 Å². The van der Waals surface area contributed by atoms with Gasteiger partial charge in [-0.25, -0.2) is 0 Å². The summed E-state index contributed by atoms with van der Waals surface area (Å²) in [6.45, 7) is 40.0. The van der Waals surface area contributed by atoms with Crippen LogP contribution in [-0.4, -0.2) is 16.1 Å². The van der Waals surface area contributed by atoms with Crippen LogP contribution in [0, 0.1) is 41.5 Å². The lowest BCUT2D eigenvalue weighted by atomic mass is 9.82. The van der Waals surface area contributed by atoms with Crippen molar-refractivity contribution in [2.75, 3.05) is 4.90 Å². The fourth-order valence-electron chi connectivity index (χ4n) is 12.1. The number of benzene rings is 8. The molecule has 1 atom stereocenters. The molecule has 0 bridgehead atoms. The fraction of sp³-hybridized carbons (Fsp3) is 0.312. The van der Waals surface area contributed by atoms with E-state index >= 15 is 0 Å². The highest BCUT2D eigenvalue weighted by Gasteiger charge is 2.69. The lowest BCUT2D eigenvalue weighted by Gasteiger charge is -2.62. The Morgan fingerprint density at radius 1 is 0.403 bits per heavy atom. The van der Waals surface area contributed by atoms with Crippen LogP contribution in [0.2, 0.25) is 36.3 Å². The molecule has 8 aromatic carbocycles. The van der Waals surface area contributed by atoms with Crippen molar-refractivity contribution in [1.29, 1.82) is 0 Å². The van der Waals surface area contributed by atoms with E-state index in [9.17, 15) is 0 Å². The smallest absolute Gasteiger partial charge is 0.0663 e. The van der Waals surface area contributed by atoms with Crippen molar-refractivity contribution in [1.82, 2.24) is 0 Å². The van der Waals surface area contributed by atoms with Gasteiger partial charge in [0.15, 0.2) is 0 Å². The van der Waals surface area contributed by atoms with Gasteiger partial charge in [-0.3, -0.25) is 0 Å². The molecule has 0 heterocycles. The molecule has 0 aliphatic heterocycles. The molecule has 8 aromatic rings. The normalized spacial score (nSPS) is 14.3. The second-order valence-electron chi connectivity index (χ2n) is 23.4. The molecule has 0 N–H and O–H groups in total. The first-order valence-corrected chi connectivity index (χ1v) is 30.7. The number of aryl methyl sites for hydroxylation is 4. The molecule has 0 aromatic heterocycles. The van der Waals surface area contributed by atoms with Gasteiger partial charge in [0.1, 0.15) is 0 Å². The van der Waals surface area contributed by atoms with Crippen LogP contribution >= 0.6 is 0 Å². The van der Waals surface area contributed by atoms with Crippen molar-refractivity contribution in [2.45, 2.75) is 130 Å². The molecule has 9 rings (SSSR count). The van der Waals surface area contributed by atoms with Gasteiger partial charge in [-0.05, 0) is 182 Å². The second kappa shape index (κ2) is 16.3. The van der Waals surface area contributed by atoms with Crippen molar-refractivity contribution in [2.24, 2.45) is 0 Å². The predicted octanol–water partition coefficient (Wildman–Crippen LogP) is 18.9. The van der Waals surface area contributed by atoms with E-state index in [-0.39, 0.29) is 20.7 Å². The zero-order valence-corrected chi connectivity index (χ0v) is 45.4. The molecule has 0 radical (unpaired) electrons. The third-order valence-corrected chi connectivity index (χ3v) is 33.9. The number of nitrogens with zero attached hydrogens (tertiary/aromatic N) is 1. The van der Waals surface area contributed by atoms with Gasteiger partial charge in [-0.1, -0.05) is 177 Å². The molecule has 3 heteroatoms. The van der Waals surface area contributed by atoms with Crippen LogP contribution in [0.4, 0.5) is 17.1 Å². The molecular weight excluding hydrogens is 839 g/mol. The number of hydrogen-bond acceptors (Lipinski definition) is 1. The maximum Gasteiger partial charge on any atom is 0.0663 e. The zero-order chi connectivity index (χ0) is 48.2. The molecule has 0 saturated carbocycles. The first-order chi connectivity index (χ1) is 31.5. The third-order valence-electron chi connectivity index (χ3n) is 17.9. The molecular formula is C64H73NSi2. The predicted molar refractivity (Wildman–Crippen MR) is 299 cm³/mol. The van der Waals surface area contributed by atoms with Crippen molar-refractivity contribution in [3.05, 3.63) is 207 Å². The monoisotopic (exact) mass is 912 g/mol. The summed E-state index contributed by atoms with van der Waals surface area (Å²) in [6.07, 6.45) is 0. The molecule has 0 amide bonds. The minimum atomic E-state index is -2.37. The van der Waals surface area contributed by atoms with Crippen LogP contribution in [0.1, 0.15) is 109 Å². The standard InChI is InChI=1S/C64H73NSi2/c1-41-35-51(36-42(2)45(41)5)59(47-23-19-17-20-24-47)50-29-31-55-48(39-50)27-32-57-58-33-28-49-40-53(65(52-25-21-18-22-26-52)54-37-43(3)46(6)44(4)38-54)30-34-56(49)61(58)64(60(55)57,66(13,14)62(7,8)9)67(15,16)63(10,11)12/h17-40,59H,1-16H3. The Labute approximate surface area is 405 Å². The van der Waals surface area contributed by atoms with Gasteiger partial charge in [0, 0.05) is 27.6 Å². The van der Waals surface area contributed by atoms with Crippen molar-refractivity contribution < 1.29 is 0 Å². The minimum Gasteiger partial charge on any atom is -0.310 e. The maximum atomic E-state index is 2.76. The van der Waals surface area contributed by atoms with Crippen molar-refractivity contribution in [3.8, 4) is 11.1 Å². The lowest BCUT2D eigenvalue weighted by Crippen LogP contribution is -2.71. The summed E-state index contributed by atoms with van der Waals surface area (Å²) >= 11 is 0. The first kappa shape index (κ1) is 46.6. The molecule has 0 spiro atoms. The zero-order valence-electron chi connectivity index (χ0n) is 43.4. The Hall–Kier alpha value is -5.49. The number of fused-ring (bicyclic) bond motifs is 7. The van der Waals surface area contributed by atoms with Crippen molar-refractivity contribution >= 4 is 54.8 Å². The Balaban J connectivity index is 1.35. The Kier molecular flexibility index (Phi) is 11.4. The van der Waals surface area contributed by atoms with Gasteiger partial charge in [-0.2, -0.15) is 0 Å². The summed E-state index contributed by atoms with van der Waals surface area (Å²) in [5.41, 5.74) is 21.8. The molecule has 0 fully saturated rings. The van der Waals surface area contributed by atoms with Crippen molar-refractivity contribution in [3.63, 3.8) is 0 Å². The molecule has 342 valence electrons. The van der Waals surface area contributed by atoms with Crippen LogP contribution in [-0.2, 0) is 4.66 Å². The Bertz CT molecular complexity index is 2950. The average molecular weight is 912 g/mol. The first-order valence-electron chi connectivity index (χ1n) is 24.7. The highest BCUT2D eigenvalue weighted by atomic mass is 28.4. The molecule has 0 saturated heterocycles. The van der Waals surface area contributed by atoms with Gasteiger partial charge in [0.2, 0.25) is 0 Å². The topological polar surface area (TPSA) is 3.24 Å². The number of para-hydroxylation sites is 1. The largest absolute Gasteiger partial charge is 0.310 e. The van der Waals surface area contributed by atoms with Gasteiger partial charge in [0.25, 0.3) is 0 Å².